The van der Waals surface area contributed by atoms with Gasteiger partial charge in [0.05, 0.1) is 26.9 Å². The highest BCUT2D eigenvalue weighted by molar-refractivity contribution is 6.38. The Morgan fingerprint density at radius 1 is 0.955 bits per heavy atom. The average Bonchev–Trinajstić information content (AvgIpc) is 2.42. The lowest BCUT2D eigenvalue weighted by atomic mass is 9.92. The van der Waals surface area contributed by atoms with Crippen molar-refractivity contribution >= 4 is 40.8 Å². The van der Waals surface area contributed by atoms with E-state index >= 15 is 0 Å². The number of aromatic carboxylic acids is 2. The van der Waals surface area contributed by atoms with Crippen molar-refractivity contribution in [1.29, 1.82) is 0 Å². The van der Waals surface area contributed by atoms with Crippen molar-refractivity contribution in [2.24, 2.45) is 0 Å². The predicted molar refractivity (Wildman–Crippen MR) is 85.0 cm³/mol. The maximum atomic E-state index is 11.5. The van der Waals surface area contributed by atoms with Gasteiger partial charge >= 0.3 is 11.9 Å². The molecule has 0 aliphatic heterocycles. The zero-order chi connectivity index (χ0) is 16.6. The zero-order valence-electron chi connectivity index (χ0n) is 11.4. The van der Waals surface area contributed by atoms with Crippen LogP contribution in [0.5, 0.6) is 0 Å². The molecule has 7 heteroatoms. The van der Waals surface area contributed by atoms with Crippen LogP contribution in [0.25, 0.3) is 11.1 Å². The lowest BCUT2D eigenvalue weighted by Gasteiger charge is -2.14. The smallest absolute Gasteiger partial charge is 0.336 e. The maximum absolute atomic E-state index is 11.5. The largest absolute Gasteiger partial charge is 0.478 e. The molecule has 5 nitrogen and oxygen atoms in total. The van der Waals surface area contributed by atoms with Crippen molar-refractivity contribution in [2.45, 2.75) is 6.92 Å². The molecule has 0 aliphatic rings. The minimum Gasteiger partial charge on any atom is -0.478 e. The van der Waals surface area contributed by atoms with E-state index in [0.717, 1.165) is 0 Å². The predicted octanol–water partition coefficient (Wildman–Crippen LogP) is 3.95. The molecule has 0 spiro atoms. The molecule has 0 aromatic heterocycles. The third-order valence-corrected chi connectivity index (χ3v) is 3.74. The van der Waals surface area contributed by atoms with Gasteiger partial charge < -0.3 is 15.9 Å². The minimum absolute atomic E-state index is 0.000957. The van der Waals surface area contributed by atoms with E-state index in [4.69, 9.17) is 28.9 Å². The Morgan fingerprint density at radius 3 is 1.91 bits per heavy atom. The summed E-state index contributed by atoms with van der Waals surface area (Å²) in [5.74, 6) is -2.52. The second kappa shape index (κ2) is 5.87. The summed E-state index contributed by atoms with van der Waals surface area (Å²) in [5, 5.41) is 19.1. The second-order valence-corrected chi connectivity index (χ2v) is 5.51. The fourth-order valence-electron chi connectivity index (χ4n) is 2.17. The van der Waals surface area contributed by atoms with E-state index in [1.165, 1.54) is 24.3 Å². The van der Waals surface area contributed by atoms with E-state index in [-0.39, 0.29) is 38.0 Å². The van der Waals surface area contributed by atoms with Crippen molar-refractivity contribution in [3.63, 3.8) is 0 Å². The number of anilines is 1. The molecule has 0 saturated carbocycles. The number of hydrogen-bond donors (Lipinski definition) is 3. The Kier molecular flexibility index (Phi) is 4.30. The van der Waals surface area contributed by atoms with Gasteiger partial charge in [-0.25, -0.2) is 9.59 Å². The van der Waals surface area contributed by atoms with Crippen LogP contribution in [-0.2, 0) is 0 Å². The molecule has 4 N–H and O–H groups in total. The monoisotopic (exact) mass is 339 g/mol. The molecule has 2 aromatic carbocycles. The Bertz CT molecular complexity index is 767. The molecule has 0 radical (unpaired) electrons. The highest BCUT2D eigenvalue weighted by Crippen LogP contribution is 2.38. The summed E-state index contributed by atoms with van der Waals surface area (Å²) in [6, 6.07) is 5.48. The molecule has 0 unspecified atom stereocenters. The van der Waals surface area contributed by atoms with Crippen LogP contribution in [0.1, 0.15) is 26.3 Å². The first-order valence-corrected chi connectivity index (χ1v) is 6.84. The molecule has 0 amide bonds. The molecule has 114 valence electrons. The molecular weight excluding hydrogens is 329 g/mol. The van der Waals surface area contributed by atoms with E-state index in [9.17, 15) is 19.8 Å². The van der Waals surface area contributed by atoms with Gasteiger partial charge in [-0.1, -0.05) is 23.2 Å². The van der Waals surface area contributed by atoms with Gasteiger partial charge in [0.15, 0.2) is 0 Å². The van der Waals surface area contributed by atoms with Crippen LogP contribution in [-0.4, -0.2) is 22.2 Å². The average molecular weight is 340 g/mol. The Hall–Kier alpha value is -2.24. The molecule has 2 rings (SSSR count). The number of nitrogen functional groups attached to an aromatic ring is 1. The third kappa shape index (κ3) is 2.86. The highest BCUT2D eigenvalue weighted by atomic mass is 35.5. The Labute approximate surface area is 135 Å². The van der Waals surface area contributed by atoms with E-state index in [1.54, 1.807) is 6.92 Å². The molecule has 0 saturated heterocycles. The molecule has 0 aliphatic carbocycles. The first kappa shape index (κ1) is 16.1. The maximum Gasteiger partial charge on any atom is 0.336 e. The summed E-state index contributed by atoms with van der Waals surface area (Å²) in [6.45, 7) is 1.61. The van der Waals surface area contributed by atoms with Gasteiger partial charge in [-0.05, 0) is 36.8 Å². The molecule has 0 atom stereocenters. The van der Waals surface area contributed by atoms with Gasteiger partial charge in [0.25, 0.3) is 0 Å². The summed E-state index contributed by atoms with van der Waals surface area (Å²) in [6.07, 6.45) is 0. The Balaban J connectivity index is 2.92. The Morgan fingerprint density at radius 2 is 1.45 bits per heavy atom. The number of carbonyl (C=O) groups is 2. The van der Waals surface area contributed by atoms with Crippen LogP contribution < -0.4 is 5.73 Å². The molecule has 0 bridgehead atoms. The van der Waals surface area contributed by atoms with Crippen LogP contribution in [0.2, 0.25) is 10.0 Å². The first-order valence-electron chi connectivity index (χ1n) is 6.08. The van der Waals surface area contributed by atoms with E-state index in [1.807, 2.05) is 0 Å². The quantitative estimate of drug-likeness (QED) is 0.735. The van der Waals surface area contributed by atoms with E-state index in [0.29, 0.717) is 5.56 Å². The standard InChI is InChI=1S/C15H11Cl2NO4/c1-6-2-8(14(19)20)13(9(3-6)15(21)22)7-4-12(18)11(17)5-10(7)16/h2-5H,18H2,1H3,(H,19,20)(H,21,22). The van der Waals surface area contributed by atoms with Crippen LogP contribution in [0.15, 0.2) is 24.3 Å². The van der Waals surface area contributed by atoms with Crippen LogP contribution in [0, 0.1) is 6.92 Å². The van der Waals surface area contributed by atoms with Crippen molar-refractivity contribution in [1.82, 2.24) is 0 Å². The lowest BCUT2D eigenvalue weighted by molar-refractivity contribution is 0.0696. The van der Waals surface area contributed by atoms with Crippen LogP contribution >= 0.6 is 23.2 Å². The summed E-state index contributed by atoms with van der Waals surface area (Å²) >= 11 is 12.0. The normalized spacial score (nSPS) is 10.5. The summed E-state index contributed by atoms with van der Waals surface area (Å²) in [4.78, 5) is 23.0. The van der Waals surface area contributed by atoms with Gasteiger partial charge in [0.2, 0.25) is 0 Å². The van der Waals surface area contributed by atoms with Crippen LogP contribution in [0.4, 0.5) is 5.69 Å². The molecule has 0 heterocycles. The van der Waals surface area contributed by atoms with E-state index in [2.05, 4.69) is 0 Å². The number of halogens is 2. The van der Waals surface area contributed by atoms with Crippen molar-refractivity contribution in [2.75, 3.05) is 5.73 Å². The molecular formula is C15H11Cl2NO4. The zero-order valence-corrected chi connectivity index (χ0v) is 12.9. The third-order valence-electron chi connectivity index (χ3n) is 3.10. The highest BCUT2D eigenvalue weighted by Gasteiger charge is 2.23. The second-order valence-electron chi connectivity index (χ2n) is 4.70. The fourth-order valence-corrected chi connectivity index (χ4v) is 2.65. The molecule has 22 heavy (non-hydrogen) atoms. The number of aryl methyl sites for hydroxylation is 1. The first-order chi connectivity index (χ1) is 10.2. The van der Waals surface area contributed by atoms with Crippen LogP contribution in [0.3, 0.4) is 0 Å². The number of hydrogen-bond acceptors (Lipinski definition) is 3. The van der Waals surface area contributed by atoms with Crippen molar-refractivity contribution < 1.29 is 19.8 Å². The minimum atomic E-state index is -1.26. The van der Waals surface area contributed by atoms with E-state index < -0.39 is 11.9 Å². The SMILES string of the molecule is Cc1cc(C(=O)O)c(-c2cc(N)c(Cl)cc2Cl)c(C(=O)O)c1. The summed E-state index contributed by atoms with van der Waals surface area (Å²) < 4.78 is 0. The summed E-state index contributed by atoms with van der Waals surface area (Å²) in [5.41, 5.74) is 6.28. The van der Waals surface area contributed by atoms with Gasteiger partial charge in [0, 0.05) is 11.1 Å². The number of nitrogens with two attached hydrogens (primary N) is 1. The number of carboxylic acids is 2. The fraction of sp³-hybridized carbons (Fsp3) is 0.0667. The number of carboxylic acid groups (broad SMARTS) is 2. The van der Waals surface area contributed by atoms with Gasteiger partial charge in [-0.3, -0.25) is 0 Å². The van der Waals surface area contributed by atoms with Gasteiger partial charge in [-0.2, -0.15) is 0 Å². The molecule has 2 aromatic rings. The molecule has 0 fully saturated rings. The lowest BCUT2D eigenvalue weighted by Crippen LogP contribution is -2.08. The van der Waals surface area contributed by atoms with Crippen molar-refractivity contribution in [3.8, 4) is 11.1 Å². The summed E-state index contributed by atoms with van der Waals surface area (Å²) in [7, 11) is 0. The topological polar surface area (TPSA) is 101 Å². The number of benzene rings is 2. The van der Waals surface area contributed by atoms with Crippen molar-refractivity contribution in [3.05, 3.63) is 51.0 Å². The van der Waals surface area contributed by atoms with Gasteiger partial charge in [0.1, 0.15) is 0 Å². The number of rotatable bonds is 3. The van der Waals surface area contributed by atoms with Gasteiger partial charge in [-0.15, -0.1) is 0 Å².